The highest BCUT2D eigenvalue weighted by Crippen LogP contribution is 2.17. The molecule has 2 heterocycles. The second kappa shape index (κ2) is 5.99. The lowest BCUT2D eigenvalue weighted by Crippen LogP contribution is -2.32. The first-order valence-electron chi connectivity index (χ1n) is 7.39. The van der Waals surface area contributed by atoms with E-state index in [4.69, 9.17) is 5.73 Å². The molecule has 1 aliphatic heterocycles. The maximum atomic E-state index is 12.2. The van der Waals surface area contributed by atoms with Crippen LogP contribution in [-0.2, 0) is 6.54 Å². The summed E-state index contributed by atoms with van der Waals surface area (Å²) in [5.41, 5.74) is 8.30. The Kier molecular flexibility index (Phi) is 3.90. The van der Waals surface area contributed by atoms with Crippen molar-refractivity contribution in [2.45, 2.75) is 25.8 Å². The number of benzene rings is 1. The standard InChI is InChI=1S/C16H20N4O/c17-14-6-4-5-13(9-14)12-20-16(21)10-15(11-18-20)19-7-2-1-3-8-19/h4-6,9-11H,1-3,7-8,12,17H2. The minimum Gasteiger partial charge on any atom is -0.399 e. The third-order valence-corrected chi connectivity index (χ3v) is 3.86. The molecule has 5 heteroatoms. The third-order valence-electron chi connectivity index (χ3n) is 3.86. The van der Waals surface area contributed by atoms with Gasteiger partial charge in [0.2, 0.25) is 0 Å². The molecule has 0 radical (unpaired) electrons. The van der Waals surface area contributed by atoms with E-state index in [0.717, 1.165) is 24.3 Å². The lowest BCUT2D eigenvalue weighted by molar-refractivity contribution is 0.571. The lowest BCUT2D eigenvalue weighted by Gasteiger charge is -2.28. The number of aromatic nitrogens is 2. The molecule has 21 heavy (non-hydrogen) atoms. The fourth-order valence-corrected chi connectivity index (χ4v) is 2.73. The highest BCUT2D eigenvalue weighted by molar-refractivity contribution is 5.43. The van der Waals surface area contributed by atoms with Gasteiger partial charge in [0.15, 0.2) is 0 Å². The molecule has 1 aromatic carbocycles. The van der Waals surface area contributed by atoms with Gasteiger partial charge in [0, 0.05) is 24.8 Å². The van der Waals surface area contributed by atoms with Gasteiger partial charge in [-0.05, 0) is 37.0 Å². The van der Waals surface area contributed by atoms with Gasteiger partial charge < -0.3 is 10.6 Å². The molecule has 0 bridgehead atoms. The van der Waals surface area contributed by atoms with Crippen molar-refractivity contribution in [2.75, 3.05) is 23.7 Å². The first-order valence-corrected chi connectivity index (χ1v) is 7.39. The molecule has 1 saturated heterocycles. The summed E-state index contributed by atoms with van der Waals surface area (Å²) in [6.07, 6.45) is 5.44. The molecule has 0 aliphatic carbocycles. The van der Waals surface area contributed by atoms with Crippen molar-refractivity contribution in [1.29, 1.82) is 0 Å². The summed E-state index contributed by atoms with van der Waals surface area (Å²) in [5, 5.41) is 4.30. The highest BCUT2D eigenvalue weighted by Gasteiger charge is 2.12. The number of piperidine rings is 1. The largest absolute Gasteiger partial charge is 0.399 e. The number of anilines is 2. The molecule has 1 aromatic heterocycles. The number of rotatable bonds is 3. The number of nitrogen functional groups attached to an aromatic ring is 1. The Balaban J connectivity index is 1.79. The highest BCUT2D eigenvalue weighted by atomic mass is 16.1. The first-order chi connectivity index (χ1) is 10.2. The molecule has 110 valence electrons. The Bertz CT molecular complexity index is 674. The molecular formula is C16H20N4O. The Morgan fingerprint density at radius 1 is 1.14 bits per heavy atom. The van der Waals surface area contributed by atoms with Crippen LogP contribution in [0.15, 0.2) is 41.3 Å². The second-order valence-electron chi connectivity index (χ2n) is 5.50. The van der Waals surface area contributed by atoms with E-state index in [1.165, 1.54) is 23.9 Å². The van der Waals surface area contributed by atoms with Crippen LogP contribution in [0.5, 0.6) is 0 Å². The maximum Gasteiger partial charge on any atom is 0.269 e. The van der Waals surface area contributed by atoms with Crippen molar-refractivity contribution in [3.05, 3.63) is 52.4 Å². The molecule has 5 nitrogen and oxygen atoms in total. The number of nitrogens with two attached hydrogens (primary N) is 1. The second-order valence-corrected chi connectivity index (χ2v) is 5.50. The maximum absolute atomic E-state index is 12.2. The van der Waals surface area contributed by atoms with Crippen LogP contribution in [0.3, 0.4) is 0 Å². The average molecular weight is 284 g/mol. The normalized spacial score (nSPS) is 15.1. The van der Waals surface area contributed by atoms with Gasteiger partial charge in [-0.2, -0.15) is 5.10 Å². The summed E-state index contributed by atoms with van der Waals surface area (Å²) in [5.74, 6) is 0. The molecule has 2 aromatic rings. The number of hydrogen-bond donors (Lipinski definition) is 1. The van der Waals surface area contributed by atoms with Gasteiger partial charge in [-0.1, -0.05) is 12.1 Å². The van der Waals surface area contributed by atoms with Crippen molar-refractivity contribution in [3.63, 3.8) is 0 Å². The van der Waals surface area contributed by atoms with Gasteiger partial charge in [0.05, 0.1) is 18.4 Å². The smallest absolute Gasteiger partial charge is 0.269 e. The Morgan fingerprint density at radius 3 is 2.67 bits per heavy atom. The van der Waals surface area contributed by atoms with Gasteiger partial charge in [0.25, 0.3) is 5.56 Å². The quantitative estimate of drug-likeness (QED) is 0.874. The van der Waals surface area contributed by atoms with Crippen LogP contribution in [-0.4, -0.2) is 22.9 Å². The van der Waals surface area contributed by atoms with Gasteiger partial charge in [-0.15, -0.1) is 0 Å². The van der Waals surface area contributed by atoms with Crippen LogP contribution in [0.2, 0.25) is 0 Å². The predicted octanol–water partition coefficient (Wildman–Crippen LogP) is 1.86. The van der Waals surface area contributed by atoms with E-state index in [1.54, 1.807) is 12.3 Å². The van der Waals surface area contributed by atoms with E-state index in [9.17, 15) is 4.79 Å². The van der Waals surface area contributed by atoms with Gasteiger partial charge in [-0.3, -0.25) is 4.79 Å². The zero-order valence-corrected chi connectivity index (χ0v) is 12.0. The van der Waals surface area contributed by atoms with Crippen LogP contribution in [0.1, 0.15) is 24.8 Å². The van der Waals surface area contributed by atoms with Crippen LogP contribution < -0.4 is 16.2 Å². The topological polar surface area (TPSA) is 64.2 Å². The van der Waals surface area contributed by atoms with Crippen molar-refractivity contribution in [3.8, 4) is 0 Å². The summed E-state index contributed by atoms with van der Waals surface area (Å²) in [6, 6.07) is 9.22. The minimum absolute atomic E-state index is 0.0690. The summed E-state index contributed by atoms with van der Waals surface area (Å²) in [4.78, 5) is 14.5. The minimum atomic E-state index is -0.0690. The molecule has 1 aliphatic rings. The molecule has 0 saturated carbocycles. The lowest BCUT2D eigenvalue weighted by atomic mass is 10.1. The molecule has 0 atom stereocenters. The summed E-state index contributed by atoms with van der Waals surface area (Å²) in [7, 11) is 0. The zero-order chi connectivity index (χ0) is 14.7. The van der Waals surface area contributed by atoms with Crippen LogP contribution in [0, 0.1) is 0 Å². The van der Waals surface area contributed by atoms with E-state index in [1.807, 2.05) is 24.3 Å². The Morgan fingerprint density at radius 2 is 1.95 bits per heavy atom. The van der Waals surface area contributed by atoms with Crippen molar-refractivity contribution < 1.29 is 0 Å². The first kappa shape index (κ1) is 13.7. The van der Waals surface area contributed by atoms with Crippen LogP contribution in [0.25, 0.3) is 0 Å². The summed E-state index contributed by atoms with van der Waals surface area (Å²) in [6.45, 7) is 2.48. The van der Waals surface area contributed by atoms with Crippen LogP contribution >= 0.6 is 0 Å². The van der Waals surface area contributed by atoms with E-state index in [2.05, 4.69) is 10.00 Å². The Labute approximate surface area is 124 Å². The van der Waals surface area contributed by atoms with E-state index in [-0.39, 0.29) is 5.56 Å². The van der Waals surface area contributed by atoms with Crippen molar-refractivity contribution in [2.24, 2.45) is 0 Å². The molecule has 2 N–H and O–H groups in total. The molecular weight excluding hydrogens is 264 g/mol. The zero-order valence-electron chi connectivity index (χ0n) is 12.0. The Hall–Kier alpha value is -2.30. The van der Waals surface area contributed by atoms with Crippen LogP contribution in [0.4, 0.5) is 11.4 Å². The average Bonchev–Trinajstić information content (AvgIpc) is 2.50. The number of nitrogens with zero attached hydrogens (tertiary/aromatic N) is 3. The summed E-state index contributed by atoms with van der Waals surface area (Å²) < 4.78 is 1.47. The third kappa shape index (κ3) is 3.24. The fourth-order valence-electron chi connectivity index (χ4n) is 2.73. The van der Waals surface area contributed by atoms with Gasteiger partial charge in [0.1, 0.15) is 0 Å². The fraction of sp³-hybridized carbons (Fsp3) is 0.375. The number of hydrogen-bond acceptors (Lipinski definition) is 4. The molecule has 0 amide bonds. The summed E-state index contributed by atoms with van der Waals surface area (Å²) >= 11 is 0. The van der Waals surface area contributed by atoms with Gasteiger partial charge in [-0.25, -0.2) is 4.68 Å². The van der Waals surface area contributed by atoms with E-state index < -0.39 is 0 Å². The van der Waals surface area contributed by atoms with E-state index in [0.29, 0.717) is 12.2 Å². The van der Waals surface area contributed by atoms with Crippen molar-refractivity contribution in [1.82, 2.24) is 9.78 Å². The van der Waals surface area contributed by atoms with E-state index >= 15 is 0 Å². The molecule has 0 unspecified atom stereocenters. The van der Waals surface area contributed by atoms with Gasteiger partial charge >= 0.3 is 0 Å². The molecule has 1 fully saturated rings. The molecule has 3 rings (SSSR count). The molecule has 0 spiro atoms. The predicted molar refractivity (Wildman–Crippen MR) is 84.5 cm³/mol. The SMILES string of the molecule is Nc1cccc(Cn2ncc(N3CCCCC3)cc2=O)c1. The monoisotopic (exact) mass is 284 g/mol. The van der Waals surface area contributed by atoms with Crippen molar-refractivity contribution >= 4 is 11.4 Å².